The predicted octanol–water partition coefficient (Wildman–Crippen LogP) is 0.787. The van der Waals surface area contributed by atoms with E-state index in [2.05, 4.69) is 14.2 Å². The average molecular weight is 382 g/mol. The van der Waals surface area contributed by atoms with Crippen LogP contribution in [0.15, 0.2) is 0 Å². The number of ether oxygens (including phenoxy) is 3. The van der Waals surface area contributed by atoms with Crippen LogP contribution in [0.1, 0.15) is 26.7 Å². The molecule has 0 bridgehead atoms. The SMILES string of the molecule is CCOC(=O)C(OC(=O)CC)OC(=O)NC(CCO[P+](C)=O)C(=O)O. The predicted molar refractivity (Wildman–Crippen MR) is 81.9 cm³/mol. The summed E-state index contributed by atoms with van der Waals surface area (Å²) in [6, 6.07) is -1.42. The first-order valence-corrected chi connectivity index (χ1v) is 8.93. The van der Waals surface area contributed by atoms with Crippen LogP contribution < -0.4 is 5.32 Å². The molecule has 0 aromatic carbocycles. The molecule has 25 heavy (non-hydrogen) atoms. The van der Waals surface area contributed by atoms with Crippen LogP contribution in [0.2, 0.25) is 0 Å². The number of aliphatic carboxylic acids is 1. The summed E-state index contributed by atoms with van der Waals surface area (Å²) < 4.78 is 29.4. The van der Waals surface area contributed by atoms with E-state index in [-0.39, 0.29) is 26.1 Å². The molecule has 0 aliphatic rings. The lowest BCUT2D eigenvalue weighted by molar-refractivity contribution is -0.190. The highest BCUT2D eigenvalue weighted by atomic mass is 31.1. The Morgan fingerprint density at radius 1 is 1.16 bits per heavy atom. The van der Waals surface area contributed by atoms with Crippen molar-refractivity contribution < 1.29 is 47.6 Å². The van der Waals surface area contributed by atoms with Gasteiger partial charge >= 0.3 is 38.3 Å². The molecule has 0 spiro atoms. The van der Waals surface area contributed by atoms with Crippen molar-refractivity contribution in [3.8, 4) is 0 Å². The number of carboxylic acid groups (broad SMARTS) is 1. The van der Waals surface area contributed by atoms with E-state index in [0.29, 0.717) is 0 Å². The van der Waals surface area contributed by atoms with Crippen LogP contribution in [0.5, 0.6) is 0 Å². The molecule has 0 rings (SSSR count). The van der Waals surface area contributed by atoms with E-state index in [1.54, 1.807) is 0 Å². The van der Waals surface area contributed by atoms with E-state index in [4.69, 9.17) is 9.63 Å². The molecule has 0 aromatic heterocycles. The molecule has 0 fully saturated rings. The van der Waals surface area contributed by atoms with Gasteiger partial charge in [-0.05, 0) is 11.5 Å². The first kappa shape index (κ1) is 22.7. The quantitative estimate of drug-likeness (QED) is 0.298. The minimum Gasteiger partial charge on any atom is -0.480 e. The highest BCUT2D eigenvalue weighted by Crippen LogP contribution is 2.15. The first-order chi connectivity index (χ1) is 11.7. The van der Waals surface area contributed by atoms with Gasteiger partial charge in [0.05, 0.1) is 6.61 Å². The Kier molecular flexibility index (Phi) is 11.1. The Morgan fingerprint density at radius 2 is 1.80 bits per heavy atom. The topological polar surface area (TPSA) is 155 Å². The summed E-state index contributed by atoms with van der Waals surface area (Å²) in [7, 11) is -1.92. The van der Waals surface area contributed by atoms with E-state index in [9.17, 15) is 23.7 Å². The summed E-state index contributed by atoms with van der Waals surface area (Å²) in [4.78, 5) is 45.7. The lowest BCUT2D eigenvalue weighted by Crippen LogP contribution is -2.45. The fourth-order valence-corrected chi connectivity index (χ4v) is 1.73. The highest BCUT2D eigenvalue weighted by molar-refractivity contribution is 7.38. The molecule has 3 unspecified atom stereocenters. The number of hydrogen-bond acceptors (Lipinski definition) is 9. The first-order valence-electron chi connectivity index (χ1n) is 7.31. The maximum Gasteiger partial charge on any atom is 0.504 e. The minimum atomic E-state index is -1.96. The molecule has 1 amide bonds. The maximum atomic E-state index is 11.7. The van der Waals surface area contributed by atoms with E-state index in [1.807, 2.05) is 5.32 Å². The number of nitrogens with one attached hydrogen (secondary N) is 1. The van der Waals surface area contributed by atoms with Crippen LogP contribution >= 0.6 is 8.03 Å². The summed E-state index contributed by atoms with van der Waals surface area (Å²) >= 11 is 0. The number of carboxylic acids is 1. The highest BCUT2D eigenvalue weighted by Gasteiger charge is 2.30. The van der Waals surface area contributed by atoms with Crippen LogP contribution in [0, 0.1) is 0 Å². The van der Waals surface area contributed by atoms with Crippen molar-refractivity contribution in [1.29, 1.82) is 0 Å². The third kappa shape index (κ3) is 10.3. The number of esters is 2. The second-order valence-electron chi connectivity index (χ2n) is 4.43. The summed E-state index contributed by atoms with van der Waals surface area (Å²) in [5.41, 5.74) is 0. The lowest BCUT2D eigenvalue weighted by atomic mass is 10.2. The molecule has 0 saturated carbocycles. The van der Waals surface area contributed by atoms with E-state index >= 15 is 0 Å². The summed E-state index contributed by atoms with van der Waals surface area (Å²) in [5, 5.41) is 11.0. The summed E-state index contributed by atoms with van der Waals surface area (Å²) in [5.74, 6) is -3.33. The molecule has 0 aromatic rings. The molecule has 0 heterocycles. The number of carbonyl (C=O) groups excluding carboxylic acids is 3. The molecule has 0 saturated heterocycles. The molecular weight excluding hydrogens is 361 g/mol. The van der Waals surface area contributed by atoms with Gasteiger partial charge in [-0.1, -0.05) is 6.92 Å². The number of rotatable bonds is 11. The third-order valence-electron chi connectivity index (χ3n) is 2.49. The van der Waals surface area contributed by atoms with Gasteiger partial charge in [0.15, 0.2) is 6.66 Å². The third-order valence-corrected chi connectivity index (χ3v) is 3.04. The van der Waals surface area contributed by atoms with Crippen molar-refractivity contribution >= 4 is 32.0 Å². The molecule has 142 valence electrons. The van der Waals surface area contributed by atoms with Gasteiger partial charge in [-0.15, -0.1) is 4.52 Å². The summed E-state index contributed by atoms with van der Waals surface area (Å²) in [6.45, 7) is 4.02. The Balaban J connectivity index is 4.77. The normalized spacial score (nSPS) is 13.2. The fourth-order valence-electron chi connectivity index (χ4n) is 1.36. The van der Waals surface area contributed by atoms with E-state index in [0.717, 1.165) is 0 Å². The van der Waals surface area contributed by atoms with Crippen molar-refractivity contribution in [2.45, 2.75) is 39.0 Å². The molecule has 0 radical (unpaired) electrons. The Bertz CT molecular complexity index is 509. The number of alkyl carbamates (subject to hydrolysis) is 1. The van der Waals surface area contributed by atoms with Crippen molar-refractivity contribution in [1.82, 2.24) is 5.32 Å². The van der Waals surface area contributed by atoms with Gasteiger partial charge in [-0.3, -0.25) is 4.79 Å². The zero-order valence-electron chi connectivity index (χ0n) is 14.1. The van der Waals surface area contributed by atoms with Crippen LogP contribution in [-0.2, 0) is 37.7 Å². The van der Waals surface area contributed by atoms with Gasteiger partial charge < -0.3 is 24.6 Å². The second-order valence-corrected chi connectivity index (χ2v) is 5.57. The second kappa shape index (κ2) is 12.2. The van der Waals surface area contributed by atoms with Crippen LogP contribution in [0.3, 0.4) is 0 Å². The smallest absolute Gasteiger partial charge is 0.480 e. The van der Waals surface area contributed by atoms with Gasteiger partial charge in [-0.25, -0.2) is 14.4 Å². The number of amides is 1. The number of hydrogen-bond donors (Lipinski definition) is 2. The van der Waals surface area contributed by atoms with Gasteiger partial charge in [-0.2, -0.15) is 0 Å². The molecular formula is C13H21NO10P+. The van der Waals surface area contributed by atoms with Gasteiger partial charge in [0.25, 0.3) is 0 Å². The van der Waals surface area contributed by atoms with E-state index in [1.165, 1.54) is 20.5 Å². The Morgan fingerprint density at radius 3 is 2.28 bits per heavy atom. The molecule has 12 heteroatoms. The fraction of sp³-hybridized carbons (Fsp3) is 0.692. The zero-order chi connectivity index (χ0) is 19.4. The molecule has 0 aliphatic carbocycles. The lowest BCUT2D eigenvalue weighted by Gasteiger charge is -2.18. The van der Waals surface area contributed by atoms with Crippen LogP contribution in [-0.4, -0.2) is 61.3 Å². The Hall–Kier alpha value is -2.26. The molecule has 11 nitrogen and oxygen atoms in total. The van der Waals surface area contributed by atoms with Crippen molar-refractivity contribution in [2.24, 2.45) is 0 Å². The van der Waals surface area contributed by atoms with Crippen molar-refractivity contribution in [3.63, 3.8) is 0 Å². The molecule has 0 aliphatic heterocycles. The van der Waals surface area contributed by atoms with Gasteiger partial charge in [0.1, 0.15) is 12.6 Å². The molecule has 2 N–H and O–H groups in total. The Labute approximate surface area is 144 Å². The average Bonchev–Trinajstić information content (AvgIpc) is 2.52. The largest absolute Gasteiger partial charge is 0.504 e. The van der Waals surface area contributed by atoms with Crippen LogP contribution in [0.25, 0.3) is 0 Å². The van der Waals surface area contributed by atoms with Crippen molar-refractivity contribution in [2.75, 3.05) is 19.9 Å². The zero-order valence-corrected chi connectivity index (χ0v) is 14.9. The standard InChI is InChI=1S/C13H20NO10P/c1-4-9(15)23-12(11(18)21-5-2)24-13(19)14-8(10(16)17)6-7-22-25(3)20/h8,12H,4-7H2,1-3H3,(H-,14,16,17,19)/p+1. The van der Waals surface area contributed by atoms with Crippen molar-refractivity contribution in [3.05, 3.63) is 0 Å². The monoisotopic (exact) mass is 382 g/mol. The van der Waals surface area contributed by atoms with Crippen LogP contribution in [0.4, 0.5) is 4.79 Å². The van der Waals surface area contributed by atoms with Gasteiger partial charge in [0.2, 0.25) is 0 Å². The summed E-state index contributed by atoms with van der Waals surface area (Å²) in [6.07, 6.45) is -3.54. The maximum absolute atomic E-state index is 11.7. The van der Waals surface area contributed by atoms with Gasteiger partial charge in [0, 0.05) is 12.8 Å². The molecule has 3 atom stereocenters. The van der Waals surface area contributed by atoms with E-state index < -0.39 is 44.4 Å². The number of carbonyl (C=O) groups is 4. The minimum absolute atomic E-state index is 0.0473.